The molecule has 0 amide bonds. The predicted octanol–water partition coefficient (Wildman–Crippen LogP) is 0.871. The molecule has 1 aromatic rings. The number of hydrogen-bond donors (Lipinski definition) is 3. The first-order valence-electron chi connectivity index (χ1n) is 5.28. The molecule has 0 radical (unpaired) electrons. The van der Waals surface area contributed by atoms with Crippen LogP contribution in [0.1, 0.15) is 12.5 Å². The highest BCUT2D eigenvalue weighted by Crippen LogP contribution is 2.25. The summed E-state index contributed by atoms with van der Waals surface area (Å²) in [6.07, 6.45) is 0. The molecule has 106 valence electrons. The highest BCUT2D eigenvalue weighted by Gasteiger charge is 2.32. The molecule has 6 nitrogen and oxygen atoms in total. The number of halogens is 1. The van der Waals surface area contributed by atoms with Gasteiger partial charge < -0.3 is 10.2 Å². The smallest absolute Gasteiger partial charge is 0.336 e. The topological polar surface area (TPSA) is 104 Å². The number of rotatable bonds is 5. The molecule has 0 bridgehead atoms. The van der Waals surface area contributed by atoms with Gasteiger partial charge in [-0.05, 0) is 41.4 Å². The van der Waals surface area contributed by atoms with Gasteiger partial charge >= 0.3 is 5.97 Å². The molecule has 0 spiro atoms. The molecule has 3 N–H and O–H groups in total. The Labute approximate surface area is 119 Å². The van der Waals surface area contributed by atoms with Crippen molar-refractivity contribution in [1.29, 1.82) is 0 Å². The van der Waals surface area contributed by atoms with E-state index in [2.05, 4.69) is 20.7 Å². The van der Waals surface area contributed by atoms with Crippen LogP contribution in [-0.2, 0) is 14.8 Å². The first-order valence-corrected chi connectivity index (χ1v) is 7.56. The minimum atomic E-state index is -3.90. The monoisotopic (exact) mass is 351 g/mol. The third-order valence-electron chi connectivity index (χ3n) is 2.51. The van der Waals surface area contributed by atoms with Crippen molar-refractivity contribution in [3.63, 3.8) is 0 Å². The number of aliphatic carboxylic acids is 1. The Morgan fingerprint density at radius 1 is 1.47 bits per heavy atom. The van der Waals surface area contributed by atoms with E-state index in [1.54, 1.807) is 19.1 Å². The lowest BCUT2D eigenvalue weighted by Gasteiger charge is -2.18. The van der Waals surface area contributed by atoms with Crippen LogP contribution in [0.25, 0.3) is 0 Å². The van der Waals surface area contributed by atoms with Crippen molar-refractivity contribution in [2.45, 2.75) is 24.3 Å². The van der Waals surface area contributed by atoms with Gasteiger partial charge in [0.2, 0.25) is 10.0 Å². The summed E-state index contributed by atoms with van der Waals surface area (Å²) in [6.45, 7) is 2.13. The number of hydrogen-bond acceptors (Lipinski definition) is 4. The van der Waals surface area contributed by atoms with E-state index in [-0.39, 0.29) is 4.90 Å². The summed E-state index contributed by atoms with van der Waals surface area (Å²) < 4.78 is 26.5. The Kier molecular flexibility index (Phi) is 4.72. The van der Waals surface area contributed by atoms with Crippen LogP contribution >= 0.6 is 15.9 Å². The Hall–Kier alpha value is -0.960. The standard InChI is InChI=1S/C11H14BrNO5S/c1-7-4-3-5-8(9(7)12)19(17,18)13-6-11(2,16)10(14)15/h3-5,13,16H,6H2,1-2H3,(H,14,15). The van der Waals surface area contributed by atoms with Crippen molar-refractivity contribution >= 4 is 31.9 Å². The quantitative estimate of drug-likeness (QED) is 0.730. The largest absolute Gasteiger partial charge is 0.479 e. The average molecular weight is 352 g/mol. The molecule has 0 aliphatic rings. The Bertz CT molecular complexity index is 597. The van der Waals surface area contributed by atoms with Crippen molar-refractivity contribution in [2.75, 3.05) is 6.54 Å². The summed E-state index contributed by atoms with van der Waals surface area (Å²) in [6, 6.07) is 4.69. The van der Waals surface area contributed by atoms with Crippen molar-refractivity contribution in [2.24, 2.45) is 0 Å². The predicted molar refractivity (Wildman–Crippen MR) is 72.3 cm³/mol. The number of carboxylic acid groups (broad SMARTS) is 1. The second-order valence-electron chi connectivity index (χ2n) is 4.29. The van der Waals surface area contributed by atoms with Crippen molar-refractivity contribution in [1.82, 2.24) is 4.72 Å². The minimum Gasteiger partial charge on any atom is -0.479 e. The van der Waals surface area contributed by atoms with Crippen LogP contribution < -0.4 is 4.72 Å². The molecule has 0 fully saturated rings. The van der Waals surface area contributed by atoms with E-state index >= 15 is 0 Å². The first-order chi connectivity index (χ1) is 8.58. The van der Waals surface area contributed by atoms with E-state index in [0.29, 0.717) is 4.47 Å². The van der Waals surface area contributed by atoms with Gasteiger partial charge in [0.15, 0.2) is 5.60 Å². The number of carboxylic acids is 1. The fourth-order valence-corrected chi connectivity index (χ4v) is 3.40. The molecule has 1 aromatic carbocycles. The lowest BCUT2D eigenvalue weighted by atomic mass is 10.1. The van der Waals surface area contributed by atoms with E-state index in [4.69, 9.17) is 5.11 Å². The molecule has 0 aromatic heterocycles. The second kappa shape index (κ2) is 5.58. The van der Waals surface area contributed by atoms with Gasteiger partial charge in [-0.15, -0.1) is 0 Å². The van der Waals surface area contributed by atoms with E-state index < -0.39 is 28.1 Å². The number of aliphatic hydroxyl groups is 1. The van der Waals surface area contributed by atoms with Crippen LogP contribution in [-0.4, -0.2) is 36.7 Å². The number of carbonyl (C=O) groups is 1. The maximum absolute atomic E-state index is 12.0. The Morgan fingerprint density at radius 3 is 2.58 bits per heavy atom. The molecule has 19 heavy (non-hydrogen) atoms. The lowest BCUT2D eigenvalue weighted by Crippen LogP contribution is -2.46. The molecular formula is C11H14BrNO5S. The summed E-state index contributed by atoms with van der Waals surface area (Å²) in [4.78, 5) is 10.7. The van der Waals surface area contributed by atoms with Crippen LogP contribution in [0.15, 0.2) is 27.6 Å². The van der Waals surface area contributed by atoms with Crippen molar-refractivity contribution in [3.8, 4) is 0 Å². The third kappa shape index (κ3) is 3.75. The fourth-order valence-electron chi connectivity index (χ4n) is 1.22. The number of sulfonamides is 1. The molecular weight excluding hydrogens is 338 g/mol. The summed E-state index contributed by atoms with van der Waals surface area (Å²) in [5.41, 5.74) is -1.43. The molecule has 8 heteroatoms. The zero-order chi connectivity index (χ0) is 14.8. The second-order valence-corrected chi connectivity index (χ2v) is 6.82. The third-order valence-corrected chi connectivity index (χ3v) is 5.27. The van der Waals surface area contributed by atoms with Gasteiger partial charge in [-0.2, -0.15) is 0 Å². The summed E-state index contributed by atoms with van der Waals surface area (Å²) in [5, 5.41) is 18.2. The highest BCUT2D eigenvalue weighted by molar-refractivity contribution is 9.10. The Balaban J connectivity index is 3.01. The van der Waals surface area contributed by atoms with Crippen LogP contribution in [0.3, 0.4) is 0 Å². The highest BCUT2D eigenvalue weighted by atomic mass is 79.9. The normalized spacial score (nSPS) is 14.9. The molecule has 0 saturated heterocycles. The van der Waals surface area contributed by atoms with E-state index in [1.165, 1.54) is 6.07 Å². The fraction of sp³-hybridized carbons (Fsp3) is 0.364. The summed E-state index contributed by atoms with van der Waals surface area (Å²) in [7, 11) is -3.90. The summed E-state index contributed by atoms with van der Waals surface area (Å²) >= 11 is 3.17. The van der Waals surface area contributed by atoms with Crippen LogP contribution in [0, 0.1) is 6.92 Å². The molecule has 0 heterocycles. The summed E-state index contributed by atoms with van der Waals surface area (Å²) in [5.74, 6) is -1.50. The minimum absolute atomic E-state index is 0.00584. The van der Waals surface area contributed by atoms with Crippen LogP contribution in [0.5, 0.6) is 0 Å². The maximum Gasteiger partial charge on any atom is 0.336 e. The molecule has 0 aliphatic carbocycles. The molecule has 1 rings (SSSR count). The Morgan fingerprint density at radius 2 is 2.05 bits per heavy atom. The molecule has 1 unspecified atom stereocenters. The lowest BCUT2D eigenvalue weighted by molar-refractivity contribution is -0.155. The average Bonchev–Trinajstić information content (AvgIpc) is 2.30. The van der Waals surface area contributed by atoms with Crippen LogP contribution in [0.4, 0.5) is 0 Å². The maximum atomic E-state index is 12.0. The van der Waals surface area contributed by atoms with E-state index in [9.17, 15) is 18.3 Å². The number of aryl methyl sites for hydroxylation is 1. The van der Waals surface area contributed by atoms with E-state index in [0.717, 1.165) is 12.5 Å². The number of nitrogens with one attached hydrogen (secondary N) is 1. The molecule has 0 aliphatic heterocycles. The zero-order valence-corrected chi connectivity index (χ0v) is 12.7. The van der Waals surface area contributed by atoms with Crippen molar-refractivity contribution in [3.05, 3.63) is 28.2 Å². The van der Waals surface area contributed by atoms with Gasteiger partial charge in [-0.25, -0.2) is 17.9 Å². The van der Waals surface area contributed by atoms with Gasteiger partial charge in [0.25, 0.3) is 0 Å². The van der Waals surface area contributed by atoms with E-state index in [1.807, 2.05) is 0 Å². The van der Waals surface area contributed by atoms with Gasteiger partial charge in [-0.1, -0.05) is 12.1 Å². The van der Waals surface area contributed by atoms with Crippen LogP contribution in [0.2, 0.25) is 0 Å². The first kappa shape index (κ1) is 16.1. The zero-order valence-electron chi connectivity index (χ0n) is 10.3. The molecule has 1 atom stereocenters. The SMILES string of the molecule is Cc1cccc(S(=O)(=O)NCC(C)(O)C(=O)O)c1Br. The van der Waals surface area contributed by atoms with Gasteiger partial charge in [0.1, 0.15) is 0 Å². The van der Waals surface area contributed by atoms with Gasteiger partial charge in [0, 0.05) is 4.47 Å². The number of benzene rings is 1. The van der Waals surface area contributed by atoms with Gasteiger partial charge in [0.05, 0.1) is 11.4 Å². The molecule has 0 saturated carbocycles. The van der Waals surface area contributed by atoms with Gasteiger partial charge in [-0.3, -0.25) is 0 Å². The van der Waals surface area contributed by atoms with Crippen molar-refractivity contribution < 1.29 is 23.4 Å².